The van der Waals surface area contributed by atoms with Crippen molar-refractivity contribution in [2.45, 2.75) is 102 Å². The molecule has 5 atom stereocenters. The summed E-state index contributed by atoms with van der Waals surface area (Å²) in [5.74, 6) is -1.74. The molecule has 1 aliphatic carbocycles. The number of nitrogens with two attached hydrogens (primary N) is 2. The SMILES string of the molecule is CC.COc1c(F)ccc2c(O[C@@H]3C[C@H]4C(=O)N[C@]5(C(N)=O)C[C@H]5/C=C\CCCCC[C@H](N)C(=O)N4C3)cc(OC(C)C)nc12.CS.O.O.[HH].[HH].[HH].[HH]. The van der Waals surface area contributed by atoms with Gasteiger partial charge >= 0.3 is 0 Å². The van der Waals surface area contributed by atoms with Gasteiger partial charge in [-0.05, 0) is 57.9 Å². The number of thiol groups is 1. The molecule has 0 spiro atoms. The van der Waals surface area contributed by atoms with Gasteiger partial charge in [0.05, 0.1) is 25.8 Å². The Bertz CT molecular complexity index is 1470. The number of ether oxygens (including phenoxy) is 3. The fourth-order valence-corrected chi connectivity index (χ4v) is 6.05. The zero-order chi connectivity index (χ0) is 34.9. The predicted octanol–water partition coefficient (Wildman–Crippen LogP) is 3.63. The van der Waals surface area contributed by atoms with Gasteiger partial charge in [0, 0.05) is 29.5 Å². The van der Waals surface area contributed by atoms with Crippen LogP contribution in [0.1, 0.15) is 78.3 Å². The van der Waals surface area contributed by atoms with E-state index in [1.165, 1.54) is 24.1 Å². The topological polar surface area (TPSA) is 222 Å². The van der Waals surface area contributed by atoms with Crippen LogP contribution in [-0.4, -0.2) is 88.3 Å². The number of carbonyl (C=O) groups is 3. The zero-order valence-corrected chi connectivity index (χ0v) is 30.1. The van der Waals surface area contributed by atoms with Crippen molar-refractivity contribution in [3.05, 3.63) is 36.2 Å². The van der Waals surface area contributed by atoms with Gasteiger partial charge in [-0.25, -0.2) is 9.37 Å². The lowest BCUT2D eigenvalue weighted by atomic mass is 10.1. The molecule has 2 aliphatic heterocycles. The molecule has 3 aliphatic rings. The molecule has 1 saturated carbocycles. The Kier molecular flexibility index (Phi) is 17.3. The normalized spacial score (nSPS) is 25.5. The Labute approximate surface area is 299 Å². The molecule has 2 aromatic rings. The number of nitrogens with one attached hydrogen (secondary N) is 1. The summed E-state index contributed by atoms with van der Waals surface area (Å²) in [6.07, 6.45) is 9.31. The van der Waals surface area contributed by atoms with E-state index in [0.717, 1.165) is 25.7 Å². The number of amides is 3. The summed E-state index contributed by atoms with van der Waals surface area (Å²) in [4.78, 5) is 45.7. The first-order valence-electron chi connectivity index (χ1n) is 16.3. The Morgan fingerprint density at radius 1 is 1.18 bits per heavy atom. The van der Waals surface area contributed by atoms with E-state index in [2.05, 4.69) is 22.9 Å². The Hall–Kier alpha value is -3.66. The Morgan fingerprint density at radius 3 is 2.51 bits per heavy atom. The summed E-state index contributed by atoms with van der Waals surface area (Å²) in [5.41, 5.74) is 11.1. The van der Waals surface area contributed by atoms with E-state index < -0.39 is 41.4 Å². The standard InChI is InChI=1S/C31H40FN5O6.C2H6.CH4S.2H2O.4H2/c1-17(2)42-25-14-24(20-11-12-21(32)27(41-3)26(20)35-25)43-19-13-23-28(38)36-31(30(34)40)15-18(31)9-7-5-4-6-8-10-22(33)29(39)37(23)16-19;2*1-2;;;;;;/h7,9,11-12,14,17-19,22-23H,4-6,8,10,13,15-16,33H2,1-3H3,(H2,34,40)(H,36,38);1-2H3;2H,1H3;2*1H2;4*1H/b9-7-;;;;;;;;/t18-,19-,22+,23+,31-;;;;;;;;/m1......../s1. The van der Waals surface area contributed by atoms with Crippen molar-refractivity contribution in [2.75, 3.05) is 19.9 Å². The second kappa shape index (κ2) is 19.5. The lowest BCUT2D eigenvalue weighted by molar-refractivity contribution is -0.140. The number of nitrogens with zero attached hydrogens (tertiary/aromatic N) is 2. The van der Waals surface area contributed by atoms with E-state index in [-0.39, 0.29) is 64.7 Å². The highest BCUT2D eigenvalue weighted by Crippen LogP contribution is 2.45. The Balaban J connectivity index is -0.00000116. The maximum Gasteiger partial charge on any atom is 0.243 e. The number of halogens is 1. The van der Waals surface area contributed by atoms with E-state index in [4.69, 9.17) is 25.7 Å². The van der Waals surface area contributed by atoms with Crippen molar-refractivity contribution in [3.63, 3.8) is 0 Å². The number of rotatable bonds is 6. The number of hydrogen-bond acceptors (Lipinski definition) is 9. The number of fused-ring (bicyclic) bond motifs is 3. The number of pyridine rings is 1. The maximum atomic E-state index is 14.6. The first-order valence-corrected chi connectivity index (χ1v) is 17.2. The highest BCUT2D eigenvalue weighted by atomic mass is 32.1. The van der Waals surface area contributed by atoms with Gasteiger partial charge in [-0.1, -0.05) is 38.8 Å². The van der Waals surface area contributed by atoms with Gasteiger partial charge in [-0.15, -0.1) is 0 Å². The van der Waals surface area contributed by atoms with Crippen molar-refractivity contribution in [3.8, 4) is 17.4 Å². The van der Waals surface area contributed by atoms with Crippen LogP contribution in [0.25, 0.3) is 10.9 Å². The van der Waals surface area contributed by atoms with Crippen molar-refractivity contribution < 1.29 is 49.6 Å². The maximum absolute atomic E-state index is 14.6. The van der Waals surface area contributed by atoms with Gasteiger partial charge in [0.2, 0.25) is 23.6 Å². The summed E-state index contributed by atoms with van der Waals surface area (Å²) < 4.78 is 32.1. The number of benzene rings is 1. The first kappa shape index (κ1) is 43.4. The second-order valence-electron chi connectivity index (χ2n) is 11.9. The summed E-state index contributed by atoms with van der Waals surface area (Å²) in [7, 11) is 1.35. The van der Waals surface area contributed by atoms with Crippen LogP contribution in [0.15, 0.2) is 30.4 Å². The monoisotopic (exact) mass is 719 g/mol. The van der Waals surface area contributed by atoms with Crippen LogP contribution in [0.3, 0.4) is 0 Å². The van der Waals surface area contributed by atoms with Gasteiger partial charge < -0.3 is 46.8 Å². The molecule has 1 saturated heterocycles. The number of hydrogen-bond donors (Lipinski definition) is 4. The molecule has 3 heterocycles. The smallest absolute Gasteiger partial charge is 0.243 e. The molecule has 0 radical (unpaired) electrons. The lowest BCUT2D eigenvalue weighted by Gasteiger charge is -2.28. The molecule has 1 aromatic heterocycles. The average Bonchev–Trinajstić information content (AvgIpc) is 3.59. The van der Waals surface area contributed by atoms with E-state index >= 15 is 0 Å². The van der Waals surface area contributed by atoms with Crippen LogP contribution < -0.4 is 31.0 Å². The van der Waals surface area contributed by atoms with E-state index in [9.17, 15) is 18.8 Å². The molecule has 0 bridgehead atoms. The number of methoxy groups -OCH3 is 1. The van der Waals surface area contributed by atoms with E-state index in [1.807, 2.05) is 39.8 Å². The van der Waals surface area contributed by atoms with Crippen LogP contribution in [0.5, 0.6) is 17.4 Å². The van der Waals surface area contributed by atoms with Gasteiger partial charge in [-0.3, -0.25) is 14.4 Å². The highest BCUT2D eigenvalue weighted by molar-refractivity contribution is 7.79. The molecule has 3 amide bonds. The summed E-state index contributed by atoms with van der Waals surface area (Å²) in [6.45, 7) is 7.76. The average molecular weight is 720 g/mol. The molecule has 5 rings (SSSR count). The van der Waals surface area contributed by atoms with Crippen LogP contribution in [0, 0.1) is 11.7 Å². The van der Waals surface area contributed by atoms with Gasteiger partial charge in [-0.2, -0.15) is 12.6 Å². The molecule has 1 aromatic carbocycles. The number of primary amides is 1. The molecule has 49 heavy (non-hydrogen) atoms. The molecule has 2 fully saturated rings. The van der Waals surface area contributed by atoms with E-state index in [1.54, 1.807) is 12.3 Å². The van der Waals surface area contributed by atoms with Crippen molar-refractivity contribution >= 4 is 41.3 Å². The molecule has 9 N–H and O–H groups in total. The molecular weight excluding hydrogens is 657 g/mol. The third kappa shape index (κ3) is 9.96. The van der Waals surface area contributed by atoms with Crippen LogP contribution in [0.2, 0.25) is 0 Å². The molecule has 15 heteroatoms. The number of carbonyl (C=O) groups excluding carboxylic acids is 3. The van der Waals surface area contributed by atoms with Crippen LogP contribution in [0.4, 0.5) is 4.39 Å². The summed E-state index contributed by atoms with van der Waals surface area (Å²) in [6, 6.07) is 2.69. The minimum absolute atomic E-state index is 0. The highest BCUT2D eigenvalue weighted by Gasteiger charge is 2.60. The minimum atomic E-state index is -1.19. The van der Waals surface area contributed by atoms with Crippen molar-refractivity contribution in [1.82, 2.24) is 15.2 Å². The summed E-state index contributed by atoms with van der Waals surface area (Å²) in [5, 5.41) is 3.34. The lowest BCUT2D eigenvalue weighted by Crippen LogP contribution is -2.56. The number of allylic oxidation sites excluding steroid dienone is 1. The molecule has 284 valence electrons. The molecule has 13 nitrogen and oxygen atoms in total. The molecule has 0 unspecified atom stereocenters. The molecular formula is C34H62FN5O8S. The Morgan fingerprint density at radius 2 is 1.88 bits per heavy atom. The van der Waals surface area contributed by atoms with Crippen LogP contribution in [-0.2, 0) is 14.4 Å². The van der Waals surface area contributed by atoms with E-state index in [0.29, 0.717) is 24.0 Å². The minimum Gasteiger partial charge on any atom is -0.491 e. The van der Waals surface area contributed by atoms with Gasteiger partial charge in [0.25, 0.3) is 0 Å². The zero-order valence-electron chi connectivity index (χ0n) is 29.3. The van der Waals surface area contributed by atoms with Gasteiger partial charge in [0.15, 0.2) is 11.6 Å². The number of aromatic nitrogens is 1. The van der Waals surface area contributed by atoms with Crippen LogP contribution >= 0.6 is 12.6 Å². The van der Waals surface area contributed by atoms with Gasteiger partial charge in [0.1, 0.15) is 29.0 Å². The quantitative estimate of drug-likeness (QED) is 0.254. The van der Waals surface area contributed by atoms with Crippen molar-refractivity contribution in [2.24, 2.45) is 17.4 Å². The summed E-state index contributed by atoms with van der Waals surface area (Å²) >= 11 is 3.53. The third-order valence-corrected chi connectivity index (χ3v) is 8.40. The van der Waals surface area contributed by atoms with Crippen molar-refractivity contribution in [1.29, 1.82) is 0 Å². The third-order valence-electron chi connectivity index (χ3n) is 8.40. The second-order valence-corrected chi connectivity index (χ2v) is 11.9. The largest absolute Gasteiger partial charge is 0.491 e. The first-order chi connectivity index (χ1) is 22.5. The fraction of sp³-hybridized carbons (Fsp3) is 0.588. The predicted molar refractivity (Wildman–Crippen MR) is 199 cm³/mol. The fourth-order valence-electron chi connectivity index (χ4n) is 6.05.